The van der Waals surface area contributed by atoms with Gasteiger partial charge in [0.05, 0.1) is 0 Å². The zero-order chi connectivity index (χ0) is 9.10. The minimum absolute atomic E-state index is 0.0122. The molecule has 2 aromatic heterocycles. The number of hydrogen-bond acceptors (Lipinski definition) is 3. The van der Waals surface area contributed by atoms with E-state index >= 15 is 0 Å². The van der Waals surface area contributed by atoms with Crippen molar-refractivity contribution in [2.75, 3.05) is 0 Å². The second kappa shape index (κ2) is 3.49. The Morgan fingerprint density at radius 2 is 2.23 bits per heavy atom. The first kappa shape index (κ1) is 8.13. The molecule has 0 spiro atoms. The molecular formula is C10H7NOS. The Kier molecular flexibility index (Phi) is 2.19. The molecule has 2 heterocycles. The molecule has 0 aromatic carbocycles. The van der Waals surface area contributed by atoms with E-state index in [1.165, 1.54) is 11.3 Å². The normalized spacial score (nSPS) is 9.85. The van der Waals surface area contributed by atoms with Gasteiger partial charge in [0, 0.05) is 17.1 Å². The molecule has 0 unspecified atom stereocenters. The molecule has 2 rings (SSSR count). The van der Waals surface area contributed by atoms with Gasteiger partial charge in [-0.2, -0.15) is 11.3 Å². The van der Waals surface area contributed by atoms with Crippen molar-refractivity contribution in [2.24, 2.45) is 0 Å². The van der Waals surface area contributed by atoms with Crippen LogP contribution in [-0.2, 0) is 0 Å². The van der Waals surface area contributed by atoms with Crippen molar-refractivity contribution >= 4 is 17.1 Å². The molecule has 0 aliphatic carbocycles. The summed E-state index contributed by atoms with van der Waals surface area (Å²) in [5.74, 6) is -0.0122. The largest absolute Gasteiger partial charge is 0.287 e. The second-order valence-corrected chi connectivity index (χ2v) is 3.34. The number of rotatable bonds is 2. The zero-order valence-electron chi connectivity index (χ0n) is 6.81. The summed E-state index contributed by atoms with van der Waals surface area (Å²) in [6.45, 7) is 0. The van der Waals surface area contributed by atoms with Crippen molar-refractivity contribution in [2.45, 2.75) is 0 Å². The van der Waals surface area contributed by atoms with E-state index in [4.69, 9.17) is 0 Å². The fraction of sp³-hybridized carbons (Fsp3) is 0. The summed E-state index contributed by atoms with van der Waals surface area (Å²) in [4.78, 5) is 15.6. The summed E-state index contributed by atoms with van der Waals surface area (Å²) in [6, 6.07) is 7.14. The molecule has 0 N–H and O–H groups in total. The van der Waals surface area contributed by atoms with E-state index in [0.717, 1.165) is 0 Å². The highest BCUT2D eigenvalue weighted by atomic mass is 32.1. The summed E-state index contributed by atoms with van der Waals surface area (Å²) in [7, 11) is 0. The van der Waals surface area contributed by atoms with Crippen molar-refractivity contribution in [3.05, 3.63) is 52.5 Å². The SMILES string of the molecule is O=C(c1ccsc1)c1ccccn1. The van der Waals surface area contributed by atoms with Crippen LogP contribution in [0.2, 0.25) is 0 Å². The van der Waals surface area contributed by atoms with Gasteiger partial charge in [0.2, 0.25) is 5.78 Å². The number of nitrogens with zero attached hydrogens (tertiary/aromatic N) is 1. The van der Waals surface area contributed by atoms with Gasteiger partial charge in [-0.3, -0.25) is 9.78 Å². The van der Waals surface area contributed by atoms with Crippen molar-refractivity contribution in [1.82, 2.24) is 4.98 Å². The van der Waals surface area contributed by atoms with Crippen LogP contribution in [0, 0.1) is 0 Å². The van der Waals surface area contributed by atoms with Gasteiger partial charge >= 0.3 is 0 Å². The molecule has 0 aliphatic heterocycles. The van der Waals surface area contributed by atoms with Crippen molar-refractivity contribution in [1.29, 1.82) is 0 Å². The minimum atomic E-state index is -0.0122. The first-order valence-electron chi connectivity index (χ1n) is 3.86. The summed E-state index contributed by atoms with van der Waals surface area (Å²) in [6.07, 6.45) is 1.62. The number of carbonyl (C=O) groups is 1. The van der Waals surface area contributed by atoms with E-state index in [9.17, 15) is 4.79 Å². The average molecular weight is 189 g/mol. The topological polar surface area (TPSA) is 30.0 Å². The smallest absolute Gasteiger partial charge is 0.212 e. The summed E-state index contributed by atoms with van der Waals surface area (Å²) >= 11 is 1.51. The molecule has 0 saturated carbocycles. The molecule has 64 valence electrons. The maximum absolute atomic E-state index is 11.7. The Labute approximate surface area is 79.9 Å². The lowest BCUT2D eigenvalue weighted by Gasteiger charge is -1.94. The number of ketones is 1. The van der Waals surface area contributed by atoms with Gasteiger partial charge < -0.3 is 0 Å². The third-order valence-corrected chi connectivity index (χ3v) is 2.36. The molecule has 0 radical (unpaired) electrons. The summed E-state index contributed by atoms with van der Waals surface area (Å²) < 4.78 is 0. The van der Waals surface area contributed by atoms with Crippen LogP contribution >= 0.6 is 11.3 Å². The van der Waals surface area contributed by atoms with Gasteiger partial charge in [0.15, 0.2) is 0 Å². The lowest BCUT2D eigenvalue weighted by molar-refractivity contribution is 0.103. The number of pyridine rings is 1. The van der Waals surface area contributed by atoms with Gasteiger partial charge in [-0.05, 0) is 23.6 Å². The van der Waals surface area contributed by atoms with Crippen LogP contribution in [0.25, 0.3) is 0 Å². The molecule has 0 aliphatic rings. The van der Waals surface area contributed by atoms with Gasteiger partial charge in [0.1, 0.15) is 5.69 Å². The van der Waals surface area contributed by atoms with E-state index in [2.05, 4.69) is 4.98 Å². The molecule has 0 amide bonds. The molecule has 13 heavy (non-hydrogen) atoms. The van der Waals surface area contributed by atoms with Crippen LogP contribution in [0.1, 0.15) is 16.1 Å². The Morgan fingerprint density at radius 1 is 1.31 bits per heavy atom. The lowest BCUT2D eigenvalue weighted by Crippen LogP contribution is -2.01. The van der Waals surface area contributed by atoms with E-state index in [-0.39, 0.29) is 5.78 Å². The number of thiophene rings is 1. The highest BCUT2D eigenvalue weighted by molar-refractivity contribution is 7.08. The van der Waals surface area contributed by atoms with Crippen LogP contribution in [-0.4, -0.2) is 10.8 Å². The van der Waals surface area contributed by atoms with Crippen molar-refractivity contribution < 1.29 is 4.79 Å². The third-order valence-electron chi connectivity index (χ3n) is 1.68. The van der Waals surface area contributed by atoms with Crippen LogP contribution in [0.4, 0.5) is 0 Å². The Hall–Kier alpha value is -1.48. The number of hydrogen-bond donors (Lipinski definition) is 0. The quantitative estimate of drug-likeness (QED) is 0.679. The fourth-order valence-corrected chi connectivity index (χ4v) is 1.67. The predicted octanol–water partition coefficient (Wildman–Crippen LogP) is 2.37. The number of carbonyl (C=O) groups excluding carboxylic acids is 1. The highest BCUT2D eigenvalue weighted by Crippen LogP contribution is 2.10. The molecule has 2 nitrogen and oxygen atoms in total. The van der Waals surface area contributed by atoms with Crippen molar-refractivity contribution in [3.63, 3.8) is 0 Å². The summed E-state index contributed by atoms with van der Waals surface area (Å²) in [5, 5.41) is 3.72. The predicted molar refractivity (Wildman–Crippen MR) is 52.0 cm³/mol. The van der Waals surface area contributed by atoms with Crippen LogP contribution in [0.3, 0.4) is 0 Å². The van der Waals surface area contributed by atoms with Crippen LogP contribution in [0.5, 0.6) is 0 Å². The van der Waals surface area contributed by atoms with Gasteiger partial charge in [-0.15, -0.1) is 0 Å². The fourth-order valence-electron chi connectivity index (χ4n) is 1.04. The molecule has 0 fully saturated rings. The minimum Gasteiger partial charge on any atom is -0.287 e. The second-order valence-electron chi connectivity index (χ2n) is 2.56. The Morgan fingerprint density at radius 3 is 2.85 bits per heavy atom. The third kappa shape index (κ3) is 1.65. The van der Waals surface area contributed by atoms with Crippen LogP contribution < -0.4 is 0 Å². The van der Waals surface area contributed by atoms with E-state index in [1.54, 1.807) is 18.3 Å². The maximum atomic E-state index is 11.7. The molecule has 2 aromatic rings. The van der Waals surface area contributed by atoms with Gasteiger partial charge in [-0.1, -0.05) is 6.07 Å². The monoisotopic (exact) mass is 189 g/mol. The average Bonchev–Trinajstić information content (AvgIpc) is 2.71. The zero-order valence-corrected chi connectivity index (χ0v) is 7.62. The molecule has 0 bridgehead atoms. The van der Waals surface area contributed by atoms with Crippen LogP contribution in [0.15, 0.2) is 41.2 Å². The maximum Gasteiger partial charge on any atom is 0.212 e. The van der Waals surface area contributed by atoms with E-state index < -0.39 is 0 Å². The molecule has 0 atom stereocenters. The molecular weight excluding hydrogens is 182 g/mol. The highest BCUT2D eigenvalue weighted by Gasteiger charge is 2.08. The molecule has 0 saturated heterocycles. The van der Waals surface area contributed by atoms with Gasteiger partial charge in [0.25, 0.3) is 0 Å². The van der Waals surface area contributed by atoms with E-state index in [0.29, 0.717) is 11.3 Å². The summed E-state index contributed by atoms with van der Waals surface area (Å²) in [5.41, 5.74) is 1.21. The lowest BCUT2D eigenvalue weighted by atomic mass is 10.1. The Balaban J connectivity index is 2.34. The first-order valence-corrected chi connectivity index (χ1v) is 4.80. The Bertz CT molecular complexity index is 394. The van der Waals surface area contributed by atoms with E-state index in [1.807, 2.05) is 22.9 Å². The standard InChI is InChI=1S/C10H7NOS/c12-10(8-4-6-13-7-8)9-3-1-2-5-11-9/h1-7H. The van der Waals surface area contributed by atoms with Gasteiger partial charge in [-0.25, -0.2) is 0 Å². The van der Waals surface area contributed by atoms with Crippen molar-refractivity contribution in [3.8, 4) is 0 Å². The first-order chi connectivity index (χ1) is 6.38. The molecule has 3 heteroatoms. The number of aromatic nitrogens is 1.